The average molecular weight is 378 g/mol. The standard InChI is InChI=1S/C20H22N6O2/c27-19-17-7-2-8-18(26-17)20(28)24-12-4-10-22-14-16-6-1-5-15(25-16)13-21-9-3-11-23-19/h1-2,5-8,13-14H,3-4,9-12H2,(H,23,27)(H,24,28). The molecule has 2 amide bonds. The van der Waals surface area contributed by atoms with E-state index in [1.54, 1.807) is 30.6 Å². The lowest BCUT2D eigenvalue weighted by Crippen LogP contribution is -2.29. The van der Waals surface area contributed by atoms with Gasteiger partial charge in [0.05, 0.1) is 11.4 Å². The van der Waals surface area contributed by atoms with E-state index in [2.05, 4.69) is 30.6 Å². The van der Waals surface area contributed by atoms with Crippen molar-refractivity contribution >= 4 is 24.2 Å². The van der Waals surface area contributed by atoms with Crippen LogP contribution in [0.4, 0.5) is 0 Å². The second-order valence-electron chi connectivity index (χ2n) is 6.18. The van der Waals surface area contributed by atoms with Crippen LogP contribution in [0.5, 0.6) is 0 Å². The van der Waals surface area contributed by atoms with Crippen molar-refractivity contribution < 1.29 is 9.59 Å². The summed E-state index contributed by atoms with van der Waals surface area (Å²) in [5.41, 5.74) is 1.96. The lowest BCUT2D eigenvalue weighted by molar-refractivity contribution is 0.0944. The van der Waals surface area contributed by atoms with Crippen LogP contribution < -0.4 is 10.6 Å². The minimum Gasteiger partial charge on any atom is -0.351 e. The van der Waals surface area contributed by atoms with Crippen molar-refractivity contribution in [2.45, 2.75) is 12.8 Å². The van der Waals surface area contributed by atoms with Gasteiger partial charge in [-0.3, -0.25) is 19.6 Å². The van der Waals surface area contributed by atoms with Gasteiger partial charge in [-0.1, -0.05) is 12.1 Å². The zero-order valence-corrected chi connectivity index (χ0v) is 15.5. The molecule has 8 nitrogen and oxygen atoms in total. The van der Waals surface area contributed by atoms with E-state index < -0.39 is 0 Å². The van der Waals surface area contributed by atoms with Crippen molar-refractivity contribution in [3.8, 4) is 0 Å². The van der Waals surface area contributed by atoms with E-state index in [1.165, 1.54) is 0 Å². The predicted molar refractivity (Wildman–Crippen MR) is 107 cm³/mol. The Kier molecular flexibility index (Phi) is 6.95. The summed E-state index contributed by atoms with van der Waals surface area (Å²) >= 11 is 0. The smallest absolute Gasteiger partial charge is 0.269 e. The molecule has 1 aliphatic heterocycles. The summed E-state index contributed by atoms with van der Waals surface area (Å²) in [6.07, 6.45) is 4.81. The topological polar surface area (TPSA) is 109 Å². The Bertz CT molecular complexity index is 829. The molecule has 3 heterocycles. The third-order valence-corrected chi connectivity index (χ3v) is 3.95. The minimum atomic E-state index is -0.309. The summed E-state index contributed by atoms with van der Waals surface area (Å²) in [4.78, 5) is 41.7. The van der Waals surface area contributed by atoms with Gasteiger partial charge in [0.15, 0.2) is 0 Å². The highest BCUT2D eigenvalue weighted by atomic mass is 16.2. The molecule has 0 atom stereocenters. The minimum absolute atomic E-state index is 0.219. The number of carbonyl (C=O) groups is 2. The van der Waals surface area contributed by atoms with Gasteiger partial charge in [-0.05, 0) is 37.1 Å². The lowest BCUT2D eigenvalue weighted by atomic mass is 10.2. The second-order valence-corrected chi connectivity index (χ2v) is 6.18. The number of carbonyl (C=O) groups excluding carboxylic acids is 2. The van der Waals surface area contributed by atoms with Crippen LogP contribution in [0.2, 0.25) is 0 Å². The van der Waals surface area contributed by atoms with E-state index in [0.717, 1.165) is 11.4 Å². The summed E-state index contributed by atoms with van der Waals surface area (Å²) in [5, 5.41) is 5.59. The van der Waals surface area contributed by atoms with E-state index in [1.807, 2.05) is 18.2 Å². The Hall–Kier alpha value is -3.42. The molecule has 1 aliphatic rings. The molecule has 3 rings (SSSR count). The van der Waals surface area contributed by atoms with E-state index in [9.17, 15) is 9.59 Å². The summed E-state index contributed by atoms with van der Waals surface area (Å²) in [7, 11) is 0. The molecule has 2 aromatic rings. The molecule has 0 radical (unpaired) electrons. The summed E-state index contributed by atoms with van der Waals surface area (Å²) in [5.74, 6) is -0.617. The lowest BCUT2D eigenvalue weighted by Gasteiger charge is -2.07. The first-order chi connectivity index (χ1) is 13.7. The van der Waals surface area contributed by atoms with Crippen LogP contribution in [0, 0.1) is 0 Å². The number of amides is 2. The maximum atomic E-state index is 12.2. The van der Waals surface area contributed by atoms with Crippen LogP contribution in [-0.2, 0) is 0 Å². The molecule has 0 spiro atoms. The van der Waals surface area contributed by atoms with Gasteiger partial charge in [0.2, 0.25) is 0 Å². The largest absolute Gasteiger partial charge is 0.351 e. The van der Waals surface area contributed by atoms with Crippen LogP contribution >= 0.6 is 0 Å². The number of aromatic nitrogens is 2. The Balaban J connectivity index is 1.71. The fraction of sp³-hybridized carbons (Fsp3) is 0.300. The number of nitrogens with zero attached hydrogens (tertiary/aromatic N) is 4. The molecule has 0 saturated carbocycles. The maximum absolute atomic E-state index is 12.2. The number of rotatable bonds is 0. The van der Waals surface area contributed by atoms with Crippen molar-refractivity contribution in [3.63, 3.8) is 0 Å². The van der Waals surface area contributed by atoms with Crippen LogP contribution in [0.25, 0.3) is 0 Å². The van der Waals surface area contributed by atoms with Gasteiger partial charge < -0.3 is 10.6 Å². The number of nitrogens with one attached hydrogen (secondary N) is 2. The monoisotopic (exact) mass is 378 g/mol. The van der Waals surface area contributed by atoms with Crippen LogP contribution in [0.3, 0.4) is 0 Å². The van der Waals surface area contributed by atoms with Gasteiger partial charge in [-0.25, -0.2) is 9.97 Å². The fourth-order valence-corrected chi connectivity index (χ4v) is 2.54. The van der Waals surface area contributed by atoms with Gasteiger partial charge in [-0.2, -0.15) is 0 Å². The van der Waals surface area contributed by atoms with Crippen LogP contribution in [0.15, 0.2) is 46.4 Å². The second kappa shape index (κ2) is 10.1. The first kappa shape index (κ1) is 19.3. The van der Waals surface area contributed by atoms with Gasteiger partial charge in [0.25, 0.3) is 11.8 Å². The van der Waals surface area contributed by atoms with Gasteiger partial charge in [-0.15, -0.1) is 0 Å². The molecule has 2 aromatic heterocycles. The number of hydrogen-bond acceptors (Lipinski definition) is 6. The first-order valence-corrected chi connectivity index (χ1v) is 9.22. The van der Waals surface area contributed by atoms with Crippen molar-refractivity contribution in [1.82, 2.24) is 20.6 Å². The Labute approximate surface area is 163 Å². The molecule has 0 unspecified atom stereocenters. The molecule has 2 N–H and O–H groups in total. The predicted octanol–water partition coefficient (Wildman–Crippen LogP) is 1.27. The zero-order chi connectivity index (χ0) is 19.6. The summed E-state index contributed by atoms with van der Waals surface area (Å²) < 4.78 is 0. The molecular weight excluding hydrogens is 356 g/mol. The molecule has 28 heavy (non-hydrogen) atoms. The summed E-state index contributed by atoms with van der Waals surface area (Å²) in [6, 6.07) is 10.5. The molecule has 144 valence electrons. The number of pyridine rings is 2. The zero-order valence-electron chi connectivity index (χ0n) is 15.5. The van der Waals surface area contributed by atoms with E-state index >= 15 is 0 Å². The van der Waals surface area contributed by atoms with Gasteiger partial charge in [0, 0.05) is 38.6 Å². The van der Waals surface area contributed by atoms with Gasteiger partial charge in [0.1, 0.15) is 11.4 Å². The molecule has 8 heteroatoms. The summed E-state index contributed by atoms with van der Waals surface area (Å²) in [6.45, 7) is 2.06. The van der Waals surface area contributed by atoms with Crippen molar-refractivity contribution in [1.29, 1.82) is 0 Å². The fourth-order valence-electron chi connectivity index (χ4n) is 2.54. The quantitative estimate of drug-likeness (QED) is 0.719. The Morgan fingerprint density at radius 1 is 0.679 bits per heavy atom. The number of hydrogen-bond donors (Lipinski definition) is 2. The van der Waals surface area contributed by atoms with E-state index in [-0.39, 0.29) is 23.2 Å². The maximum Gasteiger partial charge on any atom is 0.269 e. The Morgan fingerprint density at radius 2 is 1.18 bits per heavy atom. The molecule has 0 aliphatic carbocycles. The Morgan fingerprint density at radius 3 is 1.71 bits per heavy atom. The number of fused-ring (bicyclic) bond motifs is 4. The van der Waals surface area contributed by atoms with Crippen LogP contribution in [0.1, 0.15) is 45.2 Å². The first-order valence-electron chi connectivity index (χ1n) is 9.22. The van der Waals surface area contributed by atoms with Crippen molar-refractivity contribution in [3.05, 3.63) is 59.2 Å². The highest BCUT2D eigenvalue weighted by molar-refractivity contribution is 5.96. The highest BCUT2D eigenvalue weighted by Gasteiger charge is 2.11. The molecule has 0 fully saturated rings. The SMILES string of the molecule is O=C1NCCCN=Cc2cccc(n2)C=NCCCNC(=O)c2cccc1n2. The molecule has 4 bridgehead atoms. The van der Waals surface area contributed by atoms with E-state index in [0.29, 0.717) is 39.0 Å². The third-order valence-electron chi connectivity index (χ3n) is 3.95. The molecule has 0 saturated heterocycles. The molecule has 0 aromatic carbocycles. The van der Waals surface area contributed by atoms with Crippen molar-refractivity contribution in [2.24, 2.45) is 9.98 Å². The van der Waals surface area contributed by atoms with E-state index in [4.69, 9.17) is 0 Å². The van der Waals surface area contributed by atoms with Gasteiger partial charge >= 0.3 is 0 Å². The number of aliphatic imine (C=N–C) groups is 2. The van der Waals surface area contributed by atoms with Crippen LogP contribution in [-0.4, -0.2) is 60.4 Å². The highest BCUT2D eigenvalue weighted by Crippen LogP contribution is 2.01. The molecular formula is C20H22N6O2. The normalized spacial score (nSPS) is 16.1. The van der Waals surface area contributed by atoms with Crippen molar-refractivity contribution in [2.75, 3.05) is 26.2 Å². The third kappa shape index (κ3) is 5.80. The average Bonchev–Trinajstić information content (AvgIpc) is 2.72.